The summed E-state index contributed by atoms with van der Waals surface area (Å²) in [6.45, 7) is 8.58. The lowest BCUT2D eigenvalue weighted by atomic mass is 10.2. The van der Waals surface area contributed by atoms with Gasteiger partial charge in [-0.05, 0) is 31.9 Å². The summed E-state index contributed by atoms with van der Waals surface area (Å²) < 4.78 is 5.45. The SMILES string of the molecule is [CH2]c1ccc(COC(C)C)cc1. The first-order valence-electron chi connectivity index (χ1n) is 4.21. The second-order valence-electron chi connectivity index (χ2n) is 3.18. The smallest absolute Gasteiger partial charge is 0.0720 e. The Morgan fingerprint density at radius 2 is 1.83 bits per heavy atom. The normalized spacial score (nSPS) is 10.7. The molecule has 65 valence electrons. The van der Waals surface area contributed by atoms with Gasteiger partial charge in [-0.15, -0.1) is 0 Å². The fraction of sp³-hybridized carbons (Fsp3) is 0.364. The molecule has 0 aliphatic rings. The van der Waals surface area contributed by atoms with E-state index in [4.69, 9.17) is 4.74 Å². The first-order chi connectivity index (χ1) is 5.68. The highest BCUT2D eigenvalue weighted by atomic mass is 16.5. The molecule has 1 rings (SSSR count). The minimum atomic E-state index is 0.296. The van der Waals surface area contributed by atoms with Crippen LogP contribution in [0.4, 0.5) is 0 Å². The molecule has 0 aliphatic carbocycles. The second-order valence-corrected chi connectivity index (χ2v) is 3.18. The highest BCUT2D eigenvalue weighted by Gasteiger charge is 1.94. The molecule has 1 radical (unpaired) electrons. The molecular formula is C11H15O. The maximum atomic E-state index is 5.45. The van der Waals surface area contributed by atoms with E-state index in [0.717, 1.165) is 5.56 Å². The van der Waals surface area contributed by atoms with Crippen molar-refractivity contribution in [2.75, 3.05) is 0 Å². The van der Waals surface area contributed by atoms with Crippen LogP contribution < -0.4 is 0 Å². The van der Waals surface area contributed by atoms with Gasteiger partial charge in [0.15, 0.2) is 0 Å². The molecule has 0 heterocycles. The third-order valence-corrected chi connectivity index (χ3v) is 1.61. The number of hydrogen-bond acceptors (Lipinski definition) is 1. The van der Waals surface area contributed by atoms with Crippen molar-refractivity contribution in [2.24, 2.45) is 0 Å². The zero-order valence-corrected chi connectivity index (χ0v) is 7.71. The van der Waals surface area contributed by atoms with Crippen molar-refractivity contribution in [1.29, 1.82) is 0 Å². The van der Waals surface area contributed by atoms with Crippen LogP contribution in [0.1, 0.15) is 25.0 Å². The molecule has 0 amide bonds. The molecule has 1 nitrogen and oxygen atoms in total. The molecule has 0 unspecified atom stereocenters. The molecule has 0 fully saturated rings. The van der Waals surface area contributed by atoms with E-state index < -0.39 is 0 Å². The van der Waals surface area contributed by atoms with Crippen molar-refractivity contribution in [3.63, 3.8) is 0 Å². The molecule has 0 saturated heterocycles. The summed E-state index contributed by atoms with van der Waals surface area (Å²) in [5.41, 5.74) is 2.25. The Morgan fingerprint density at radius 1 is 1.25 bits per heavy atom. The van der Waals surface area contributed by atoms with Gasteiger partial charge in [-0.1, -0.05) is 24.3 Å². The van der Waals surface area contributed by atoms with Crippen molar-refractivity contribution >= 4 is 0 Å². The monoisotopic (exact) mass is 163 g/mol. The van der Waals surface area contributed by atoms with Crippen molar-refractivity contribution < 1.29 is 4.74 Å². The van der Waals surface area contributed by atoms with Crippen LogP contribution in [0.15, 0.2) is 24.3 Å². The van der Waals surface area contributed by atoms with Crippen LogP contribution >= 0.6 is 0 Å². The average Bonchev–Trinajstić information content (AvgIpc) is 2.03. The van der Waals surface area contributed by atoms with Crippen LogP contribution in [0.25, 0.3) is 0 Å². The van der Waals surface area contributed by atoms with E-state index in [1.165, 1.54) is 5.56 Å². The zero-order chi connectivity index (χ0) is 8.97. The summed E-state index contributed by atoms with van der Waals surface area (Å²) in [5.74, 6) is 0. The molecule has 12 heavy (non-hydrogen) atoms. The topological polar surface area (TPSA) is 9.23 Å². The summed E-state index contributed by atoms with van der Waals surface area (Å²) in [7, 11) is 0. The summed E-state index contributed by atoms with van der Waals surface area (Å²) in [5, 5.41) is 0. The molecule has 1 heteroatoms. The van der Waals surface area contributed by atoms with E-state index in [1.807, 2.05) is 38.1 Å². The van der Waals surface area contributed by atoms with Crippen molar-refractivity contribution in [2.45, 2.75) is 26.6 Å². The summed E-state index contributed by atoms with van der Waals surface area (Å²) in [6, 6.07) is 8.09. The molecule has 0 saturated carbocycles. The molecule has 0 atom stereocenters. The zero-order valence-electron chi connectivity index (χ0n) is 7.71. The first-order valence-corrected chi connectivity index (χ1v) is 4.21. The summed E-state index contributed by atoms with van der Waals surface area (Å²) >= 11 is 0. The van der Waals surface area contributed by atoms with Crippen LogP contribution in [0.5, 0.6) is 0 Å². The van der Waals surface area contributed by atoms with Gasteiger partial charge in [0.2, 0.25) is 0 Å². The lowest BCUT2D eigenvalue weighted by Crippen LogP contribution is -2.01. The van der Waals surface area contributed by atoms with Gasteiger partial charge in [-0.2, -0.15) is 0 Å². The molecule has 1 aromatic carbocycles. The number of hydrogen-bond donors (Lipinski definition) is 0. The quantitative estimate of drug-likeness (QED) is 0.665. The minimum Gasteiger partial charge on any atom is -0.374 e. The fourth-order valence-electron chi connectivity index (χ4n) is 0.898. The first kappa shape index (κ1) is 9.27. The molecule has 0 N–H and O–H groups in total. The highest BCUT2D eigenvalue weighted by molar-refractivity contribution is 5.23. The van der Waals surface area contributed by atoms with Gasteiger partial charge in [0, 0.05) is 0 Å². The van der Waals surface area contributed by atoms with E-state index in [1.54, 1.807) is 0 Å². The van der Waals surface area contributed by atoms with Crippen LogP contribution in [0.2, 0.25) is 0 Å². The summed E-state index contributed by atoms with van der Waals surface area (Å²) in [6.07, 6.45) is 0.296. The number of ether oxygens (including phenoxy) is 1. The van der Waals surface area contributed by atoms with Crippen molar-refractivity contribution in [1.82, 2.24) is 0 Å². The van der Waals surface area contributed by atoms with Crippen molar-refractivity contribution in [3.05, 3.63) is 42.3 Å². The Hall–Kier alpha value is -0.820. The molecule has 0 bridgehead atoms. The van der Waals surface area contributed by atoms with E-state index in [2.05, 4.69) is 6.92 Å². The predicted octanol–water partition coefficient (Wildman–Crippen LogP) is 2.79. The van der Waals surface area contributed by atoms with E-state index in [-0.39, 0.29) is 0 Å². The minimum absolute atomic E-state index is 0.296. The molecule has 0 spiro atoms. The van der Waals surface area contributed by atoms with Gasteiger partial charge in [-0.3, -0.25) is 0 Å². The second kappa shape index (κ2) is 4.27. The lowest BCUT2D eigenvalue weighted by molar-refractivity contribution is 0.0657. The van der Waals surface area contributed by atoms with Gasteiger partial charge in [0.25, 0.3) is 0 Å². The Balaban J connectivity index is 2.48. The van der Waals surface area contributed by atoms with E-state index in [9.17, 15) is 0 Å². The van der Waals surface area contributed by atoms with Crippen LogP contribution in [0, 0.1) is 6.92 Å². The van der Waals surface area contributed by atoms with Gasteiger partial charge in [0.1, 0.15) is 0 Å². The van der Waals surface area contributed by atoms with Gasteiger partial charge >= 0.3 is 0 Å². The maximum absolute atomic E-state index is 5.45. The lowest BCUT2D eigenvalue weighted by Gasteiger charge is -2.07. The average molecular weight is 163 g/mol. The molecular weight excluding hydrogens is 148 g/mol. The van der Waals surface area contributed by atoms with E-state index >= 15 is 0 Å². The third-order valence-electron chi connectivity index (χ3n) is 1.61. The fourth-order valence-corrected chi connectivity index (χ4v) is 0.898. The van der Waals surface area contributed by atoms with Gasteiger partial charge in [0.05, 0.1) is 12.7 Å². The van der Waals surface area contributed by atoms with Crippen LogP contribution in [-0.2, 0) is 11.3 Å². The highest BCUT2D eigenvalue weighted by Crippen LogP contribution is 2.05. The number of rotatable bonds is 3. The Morgan fingerprint density at radius 3 is 2.33 bits per heavy atom. The van der Waals surface area contributed by atoms with Crippen molar-refractivity contribution in [3.8, 4) is 0 Å². The largest absolute Gasteiger partial charge is 0.374 e. The Kier molecular flexibility index (Phi) is 3.30. The molecule has 1 aromatic rings. The standard InChI is InChI=1S/C11H15O/c1-9(2)12-8-11-6-4-10(3)5-7-11/h4-7,9H,3,8H2,1-2H3. The predicted molar refractivity (Wildman–Crippen MR) is 50.8 cm³/mol. The van der Waals surface area contributed by atoms with Gasteiger partial charge < -0.3 is 4.74 Å². The number of benzene rings is 1. The Labute approximate surface area is 74.4 Å². The van der Waals surface area contributed by atoms with E-state index in [0.29, 0.717) is 12.7 Å². The van der Waals surface area contributed by atoms with Gasteiger partial charge in [-0.25, -0.2) is 0 Å². The molecule has 0 aliphatic heterocycles. The van der Waals surface area contributed by atoms with Crippen LogP contribution in [-0.4, -0.2) is 6.10 Å². The third kappa shape index (κ3) is 3.05. The van der Waals surface area contributed by atoms with Crippen LogP contribution in [0.3, 0.4) is 0 Å². The maximum Gasteiger partial charge on any atom is 0.0720 e. The summed E-state index contributed by atoms with van der Waals surface area (Å²) in [4.78, 5) is 0. The molecule has 0 aromatic heterocycles. The Bertz CT molecular complexity index is 223.